The molecule has 0 spiro atoms. The van der Waals surface area contributed by atoms with Gasteiger partial charge in [0.25, 0.3) is 0 Å². The first-order valence-corrected chi connectivity index (χ1v) is 12.3. The minimum atomic E-state index is 0.969. The molecule has 0 saturated heterocycles. The molecule has 0 radical (unpaired) electrons. The third-order valence-corrected chi connectivity index (χ3v) is 5.85. The van der Waals surface area contributed by atoms with Gasteiger partial charge in [-0.05, 0) is 5.92 Å². The standard InChI is InChI=1S/C25H52/c1-4-6-8-9-10-11-12-13-14-15-16-17-18-19-20-21-22-24-25(3)23-7-5-2/h25H,4-24H2,1-3H3. The van der Waals surface area contributed by atoms with Gasteiger partial charge in [-0.1, -0.05) is 156 Å². The zero-order valence-electron chi connectivity index (χ0n) is 18.4. The van der Waals surface area contributed by atoms with Crippen LogP contribution in [0.15, 0.2) is 0 Å². The van der Waals surface area contributed by atoms with Crippen molar-refractivity contribution in [3.05, 3.63) is 0 Å². The Morgan fingerprint density at radius 3 is 1.00 bits per heavy atom. The van der Waals surface area contributed by atoms with E-state index >= 15 is 0 Å². The lowest BCUT2D eigenvalue weighted by molar-refractivity contribution is 0.440. The average molecular weight is 353 g/mol. The van der Waals surface area contributed by atoms with Crippen LogP contribution in [0.5, 0.6) is 0 Å². The highest BCUT2D eigenvalue weighted by molar-refractivity contribution is 4.55. The molecule has 0 heterocycles. The van der Waals surface area contributed by atoms with E-state index in [-0.39, 0.29) is 0 Å². The second-order valence-electron chi connectivity index (χ2n) is 8.69. The third-order valence-electron chi connectivity index (χ3n) is 5.85. The molecule has 0 saturated carbocycles. The van der Waals surface area contributed by atoms with Crippen LogP contribution in [0.1, 0.15) is 156 Å². The molecular weight excluding hydrogens is 300 g/mol. The number of rotatable bonds is 21. The summed E-state index contributed by atoms with van der Waals surface area (Å²) in [6.07, 6.45) is 30.8. The van der Waals surface area contributed by atoms with Crippen molar-refractivity contribution in [1.29, 1.82) is 0 Å². The lowest BCUT2D eigenvalue weighted by atomic mass is 9.97. The second kappa shape index (κ2) is 22.0. The van der Waals surface area contributed by atoms with Crippen molar-refractivity contribution in [3.8, 4) is 0 Å². The summed E-state index contributed by atoms with van der Waals surface area (Å²) in [5, 5.41) is 0. The molecule has 0 bridgehead atoms. The van der Waals surface area contributed by atoms with E-state index in [2.05, 4.69) is 20.8 Å². The quantitative estimate of drug-likeness (QED) is 0.180. The van der Waals surface area contributed by atoms with Crippen molar-refractivity contribution < 1.29 is 0 Å². The number of unbranched alkanes of at least 4 members (excludes halogenated alkanes) is 17. The van der Waals surface area contributed by atoms with E-state index in [1.54, 1.807) is 0 Å². The largest absolute Gasteiger partial charge is 0.0654 e. The minimum absolute atomic E-state index is 0.969. The molecule has 0 aromatic rings. The maximum absolute atomic E-state index is 2.45. The molecule has 0 aliphatic carbocycles. The van der Waals surface area contributed by atoms with E-state index in [0.717, 1.165) is 5.92 Å². The van der Waals surface area contributed by atoms with Crippen molar-refractivity contribution in [2.75, 3.05) is 0 Å². The molecule has 0 aromatic heterocycles. The zero-order chi connectivity index (χ0) is 18.4. The van der Waals surface area contributed by atoms with Crippen molar-refractivity contribution in [1.82, 2.24) is 0 Å². The van der Waals surface area contributed by atoms with Gasteiger partial charge in [0.2, 0.25) is 0 Å². The van der Waals surface area contributed by atoms with Gasteiger partial charge in [0.1, 0.15) is 0 Å². The molecule has 0 aromatic carbocycles. The van der Waals surface area contributed by atoms with Crippen LogP contribution >= 0.6 is 0 Å². The molecule has 152 valence electrons. The Balaban J connectivity index is 3.03. The topological polar surface area (TPSA) is 0 Å². The van der Waals surface area contributed by atoms with E-state index < -0.39 is 0 Å². The van der Waals surface area contributed by atoms with Crippen LogP contribution in [-0.2, 0) is 0 Å². The van der Waals surface area contributed by atoms with Crippen LogP contribution in [0, 0.1) is 5.92 Å². The monoisotopic (exact) mass is 352 g/mol. The molecule has 0 heteroatoms. The lowest BCUT2D eigenvalue weighted by Gasteiger charge is -2.10. The summed E-state index contributed by atoms with van der Waals surface area (Å²) in [6, 6.07) is 0. The van der Waals surface area contributed by atoms with Gasteiger partial charge in [-0.3, -0.25) is 0 Å². The molecule has 0 N–H and O–H groups in total. The zero-order valence-corrected chi connectivity index (χ0v) is 18.4. The fraction of sp³-hybridized carbons (Fsp3) is 1.00. The van der Waals surface area contributed by atoms with Crippen LogP contribution in [0.25, 0.3) is 0 Å². The highest BCUT2D eigenvalue weighted by Gasteiger charge is 2.01. The number of hydrogen-bond acceptors (Lipinski definition) is 0. The molecule has 25 heavy (non-hydrogen) atoms. The third kappa shape index (κ3) is 22.0. The van der Waals surface area contributed by atoms with Crippen LogP contribution in [0.4, 0.5) is 0 Å². The first-order chi connectivity index (χ1) is 12.3. The molecule has 0 aliphatic rings. The van der Waals surface area contributed by atoms with Crippen molar-refractivity contribution in [2.45, 2.75) is 156 Å². The molecule has 0 fully saturated rings. The van der Waals surface area contributed by atoms with Crippen molar-refractivity contribution in [2.24, 2.45) is 5.92 Å². The molecule has 0 aliphatic heterocycles. The van der Waals surface area contributed by atoms with E-state index in [1.165, 1.54) is 135 Å². The minimum Gasteiger partial charge on any atom is -0.0654 e. The first kappa shape index (κ1) is 25.0. The Labute approximate surface area is 161 Å². The summed E-state index contributed by atoms with van der Waals surface area (Å²) in [6.45, 7) is 7.06. The first-order valence-electron chi connectivity index (χ1n) is 12.3. The van der Waals surface area contributed by atoms with Gasteiger partial charge in [0.15, 0.2) is 0 Å². The maximum Gasteiger partial charge on any atom is -0.0443 e. The van der Waals surface area contributed by atoms with Gasteiger partial charge >= 0.3 is 0 Å². The summed E-state index contributed by atoms with van der Waals surface area (Å²) in [5.74, 6) is 0.969. The van der Waals surface area contributed by atoms with Crippen molar-refractivity contribution >= 4 is 0 Å². The molecule has 0 nitrogen and oxygen atoms in total. The average Bonchev–Trinajstić information content (AvgIpc) is 2.62. The van der Waals surface area contributed by atoms with Gasteiger partial charge in [-0.2, -0.15) is 0 Å². The Morgan fingerprint density at radius 2 is 0.640 bits per heavy atom. The Hall–Kier alpha value is 0. The van der Waals surface area contributed by atoms with Crippen LogP contribution in [0.2, 0.25) is 0 Å². The van der Waals surface area contributed by atoms with Crippen LogP contribution in [0.3, 0.4) is 0 Å². The smallest absolute Gasteiger partial charge is 0.0443 e. The summed E-state index contributed by atoms with van der Waals surface area (Å²) < 4.78 is 0. The molecule has 1 atom stereocenters. The van der Waals surface area contributed by atoms with Gasteiger partial charge in [0.05, 0.1) is 0 Å². The van der Waals surface area contributed by atoms with E-state index in [4.69, 9.17) is 0 Å². The fourth-order valence-corrected chi connectivity index (χ4v) is 3.91. The van der Waals surface area contributed by atoms with E-state index in [1.807, 2.05) is 0 Å². The Kier molecular flexibility index (Phi) is 22.0. The second-order valence-corrected chi connectivity index (χ2v) is 8.69. The highest BCUT2D eigenvalue weighted by Crippen LogP contribution is 2.17. The van der Waals surface area contributed by atoms with Gasteiger partial charge in [0, 0.05) is 0 Å². The Morgan fingerprint density at radius 1 is 0.360 bits per heavy atom. The summed E-state index contributed by atoms with van der Waals surface area (Å²) >= 11 is 0. The molecule has 0 amide bonds. The molecular formula is C25H52. The van der Waals surface area contributed by atoms with Gasteiger partial charge < -0.3 is 0 Å². The van der Waals surface area contributed by atoms with E-state index in [9.17, 15) is 0 Å². The predicted octanol–water partition coefficient (Wildman–Crippen LogP) is 9.85. The van der Waals surface area contributed by atoms with Gasteiger partial charge in [-0.25, -0.2) is 0 Å². The summed E-state index contributed by atoms with van der Waals surface area (Å²) in [5.41, 5.74) is 0. The molecule has 0 rings (SSSR count). The van der Waals surface area contributed by atoms with Crippen molar-refractivity contribution in [3.63, 3.8) is 0 Å². The summed E-state index contributed by atoms with van der Waals surface area (Å²) in [4.78, 5) is 0. The lowest BCUT2D eigenvalue weighted by Crippen LogP contribution is -1.94. The fourth-order valence-electron chi connectivity index (χ4n) is 3.91. The number of hydrogen-bond donors (Lipinski definition) is 0. The SMILES string of the molecule is CCCCCCCCCCCCCCCCCCCC(C)CCCC. The van der Waals surface area contributed by atoms with Gasteiger partial charge in [-0.15, -0.1) is 0 Å². The van der Waals surface area contributed by atoms with Crippen LogP contribution < -0.4 is 0 Å². The summed E-state index contributed by atoms with van der Waals surface area (Å²) in [7, 11) is 0. The maximum atomic E-state index is 2.45. The normalized spacial score (nSPS) is 12.6. The Bertz CT molecular complexity index is 220. The highest BCUT2D eigenvalue weighted by atomic mass is 14.1. The molecule has 1 unspecified atom stereocenters. The van der Waals surface area contributed by atoms with Crippen LogP contribution in [-0.4, -0.2) is 0 Å². The van der Waals surface area contributed by atoms with E-state index in [0.29, 0.717) is 0 Å². The predicted molar refractivity (Wildman–Crippen MR) is 117 cm³/mol.